The number of pyridine rings is 1. The summed E-state index contributed by atoms with van der Waals surface area (Å²) < 4.78 is 1.70. The van der Waals surface area contributed by atoms with Crippen LogP contribution in [0.5, 0.6) is 0 Å². The van der Waals surface area contributed by atoms with E-state index < -0.39 is 4.92 Å². The number of hydrogen-bond acceptors (Lipinski definition) is 6. The number of nitrogens with zero attached hydrogens (tertiary/aromatic N) is 5. The van der Waals surface area contributed by atoms with E-state index in [1.807, 2.05) is 54.6 Å². The van der Waals surface area contributed by atoms with Crippen LogP contribution in [-0.4, -0.2) is 29.6 Å². The molecule has 0 unspecified atom stereocenters. The number of nitro groups is 1. The van der Waals surface area contributed by atoms with Gasteiger partial charge in [0.1, 0.15) is 23.1 Å². The van der Waals surface area contributed by atoms with Crippen LogP contribution >= 0.6 is 0 Å². The van der Waals surface area contributed by atoms with Gasteiger partial charge in [-0.05, 0) is 39.7 Å². The third-order valence-corrected chi connectivity index (χ3v) is 5.17. The molecule has 2 aromatic carbocycles. The Morgan fingerprint density at radius 1 is 0.906 bits per heavy atom. The fraction of sp³-hybridized carbons (Fsp3) is 0.0417. The van der Waals surface area contributed by atoms with Gasteiger partial charge < -0.3 is 15.2 Å². The number of benzene rings is 2. The van der Waals surface area contributed by atoms with Crippen molar-refractivity contribution in [2.24, 2.45) is 0 Å². The van der Waals surface area contributed by atoms with Crippen molar-refractivity contribution < 1.29 is 10.0 Å². The van der Waals surface area contributed by atoms with E-state index in [1.165, 1.54) is 6.20 Å². The highest BCUT2D eigenvalue weighted by Gasteiger charge is 2.24. The number of aliphatic hydroxyl groups is 1. The standard InChI is InChI=1S/C24H17N5O3/c30-15-16-8-10-18(11-9-16)23-22(19-7-4-14-25-24(19)29(31)32)26-21-13-12-20(27-28(21)23)17-5-2-1-3-6-17/h1-14,30H,15H2. The Labute approximate surface area is 182 Å². The van der Waals surface area contributed by atoms with Crippen LogP contribution in [0.1, 0.15) is 5.56 Å². The van der Waals surface area contributed by atoms with E-state index in [-0.39, 0.29) is 12.4 Å². The van der Waals surface area contributed by atoms with E-state index in [0.29, 0.717) is 22.6 Å². The van der Waals surface area contributed by atoms with E-state index in [2.05, 4.69) is 9.97 Å². The smallest absolute Gasteiger partial charge is 0.372 e. The SMILES string of the molecule is O=[N+]([O-])c1ncccc1-c1nc2ccc(-c3ccccc3)nn2c1-c1ccc(CO)cc1. The number of rotatable bonds is 5. The zero-order chi connectivity index (χ0) is 22.1. The molecular weight excluding hydrogens is 406 g/mol. The van der Waals surface area contributed by atoms with Gasteiger partial charge in [0.05, 0.1) is 12.3 Å². The first-order chi connectivity index (χ1) is 15.7. The molecule has 5 rings (SSSR count). The van der Waals surface area contributed by atoms with E-state index in [4.69, 9.17) is 5.10 Å². The zero-order valence-electron chi connectivity index (χ0n) is 16.8. The Balaban J connectivity index is 1.81. The minimum Gasteiger partial charge on any atom is -0.392 e. The van der Waals surface area contributed by atoms with Gasteiger partial charge in [-0.15, -0.1) is 0 Å². The summed E-state index contributed by atoms with van der Waals surface area (Å²) in [6, 6.07) is 24.0. The van der Waals surface area contributed by atoms with Crippen LogP contribution in [0.2, 0.25) is 0 Å². The van der Waals surface area contributed by atoms with Crippen molar-refractivity contribution in [3.63, 3.8) is 0 Å². The lowest BCUT2D eigenvalue weighted by molar-refractivity contribution is -0.388. The highest BCUT2D eigenvalue weighted by Crippen LogP contribution is 2.36. The maximum absolute atomic E-state index is 11.6. The normalized spacial score (nSPS) is 11.0. The van der Waals surface area contributed by atoms with E-state index >= 15 is 0 Å². The number of hydrogen-bond donors (Lipinski definition) is 1. The van der Waals surface area contributed by atoms with Crippen molar-refractivity contribution in [2.75, 3.05) is 0 Å². The van der Waals surface area contributed by atoms with Crippen molar-refractivity contribution in [1.82, 2.24) is 19.6 Å². The van der Waals surface area contributed by atoms with Crippen LogP contribution in [0.3, 0.4) is 0 Å². The second-order valence-electron chi connectivity index (χ2n) is 7.15. The van der Waals surface area contributed by atoms with Crippen LogP contribution in [-0.2, 0) is 6.61 Å². The van der Waals surface area contributed by atoms with Gasteiger partial charge in [-0.3, -0.25) is 0 Å². The molecule has 0 aliphatic heterocycles. The van der Waals surface area contributed by atoms with Gasteiger partial charge in [0.25, 0.3) is 0 Å². The molecule has 3 aromatic heterocycles. The van der Waals surface area contributed by atoms with Gasteiger partial charge in [0.15, 0.2) is 5.65 Å². The van der Waals surface area contributed by atoms with Gasteiger partial charge in [-0.25, -0.2) is 9.50 Å². The molecule has 3 heterocycles. The summed E-state index contributed by atoms with van der Waals surface area (Å²) >= 11 is 0. The Morgan fingerprint density at radius 2 is 1.69 bits per heavy atom. The van der Waals surface area contributed by atoms with Gasteiger partial charge in [-0.2, -0.15) is 5.10 Å². The first kappa shape index (κ1) is 19.5. The second kappa shape index (κ2) is 8.01. The monoisotopic (exact) mass is 423 g/mol. The third-order valence-electron chi connectivity index (χ3n) is 5.17. The molecule has 0 aliphatic rings. The second-order valence-corrected chi connectivity index (χ2v) is 7.15. The zero-order valence-corrected chi connectivity index (χ0v) is 16.8. The predicted octanol–water partition coefficient (Wildman–Crippen LogP) is 4.53. The Hall–Kier alpha value is -4.43. The van der Waals surface area contributed by atoms with Crippen molar-refractivity contribution in [3.05, 3.63) is 101 Å². The highest BCUT2D eigenvalue weighted by molar-refractivity contribution is 5.85. The van der Waals surface area contributed by atoms with Crippen LogP contribution < -0.4 is 0 Å². The summed E-state index contributed by atoms with van der Waals surface area (Å²) in [5, 5.41) is 25.9. The number of aromatic nitrogens is 4. The van der Waals surface area contributed by atoms with E-state index in [1.54, 1.807) is 28.8 Å². The quantitative estimate of drug-likeness (QED) is 0.329. The molecule has 1 N–H and O–H groups in total. The first-order valence-corrected chi connectivity index (χ1v) is 9.91. The summed E-state index contributed by atoms with van der Waals surface area (Å²) in [6.07, 6.45) is 1.39. The van der Waals surface area contributed by atoms with Gasteiger partial charge in [0.2, 0.25) is 0 Å². The van der Waals surface area contributed by atoms with Gasteiger partial charge in [0, 0.05) is 11.1 Å². The number of aliphatic hydroxyl groups excluding tert-OH is 1. The number of imidazole rings is 1. The summed E-state index contributed by atoms with van der Waals surface area (Å²) in [5.41, 5.74) is 5.10. The van der Waals surface area contributed by atoms with Crippen molar-refractivity contribution in [3.8, 4) is 33.8 Å². The minimum atomic E-state index is -0.513. The lowest BCUT2D eigenvalue weighted by Gasteiger charge is -2.08. The van der Waals surface area contributed by atoms with Crippen molar-refractivity contribution >= 4 is 11.5 Å². The maximum Gasteiger partial charge on any atom is 0.372 e. The van der Waals surface area contributed by atoms with Crippen molar-refractivity contribution in [1.29, 1.82) is 0 Å². The Kier molecular flexibility index (Phi) is 4.89. The topological polar surface area (TPSA) is 106 Å². The average Bonchev–Trinajstić information content (AvgIpc) is 3.23. The molecule has 0 amide bonds. The molecule has 8 heteroatoms. The van der Waals surface area contributed by atoms with Crippen molar-refractivity contribution in [2.45, 2.75) is 6.61 Å². The van der Waals surface area contributed by atoms with E-state index in [0.717, 1.165) is 22.4 Å². The minimum absolute atomic E-state index is 0.0786. The molecule has 0 bridgehead atoms. The molecule has 156 valence electrons. The molecule has 0 saturated heterocycles. The van der Waals surface area contributed by atoms with Crippen LogP contribution in [0.4, 0.5) is 5.82 Å². The van der Waals surface area contributed by atoms with Crippen LogP contribution in [0, 0.1) is 10.1 Å². The predicted molar refractivity (Wildman–Crippen MR) is 120 cm³/mol. The molecule has 5 aromatic rings. The molecule has 0 atom stereocenters. The first-order valence-electron chi connectivity index (χ1n) is 9.91. The summed E-state index contributed by atoms with van der Waals surface area (Å²) in [5.74, 6) is -0.271. The lowest BCUT2D eigenvalue weighted by Crippen LogP contribution is -1.99. The summed E-state index contributed by atoms with van der Waals surface area (Å²) in [4.78, 5) is 19.8. The maximum atomic E-state index is 11.6. The third kappa shape index (κ3) is 3.38. The molecule has 0 spiro atoms. The molecule has 32 heavy (non-hydrogen) atoms. The Morgan fingerprint density at radius 3 is 2.41 bits per heavy atom. The largest absolute Gasteiger partial charge is 0.392 e. The molecule has 0 radical (unpaired) electrons. The lowest BCUT2D eigenvalue weighted by atomic mass is 10.0. The fourth-order valence-corrected chi connectivity index (χ4v) is 3.64. The van der Waals surface area contributed by atoms with E-state index in [9.17, 15) is 15.2 Å². The summed E-state index contributed by atoms with van der Waals surface area (Å²) in [6.45, 7) is -0.0786. The molecule has 0 saturated carbocycles. The molecule has 0 aliphatic carbocycles. The molecule has 0 fully saturated rings. The summed E-state index contributed by atoms with van der Waals surface area (Å²) in [7, 11) is 0. The average molecular weight is 423 g/mol. The fourth-order valence-electron chi connectivity index (χ4n) is 3.64. The Bertz CT molecular complexity index is 1430. The van der Waals surface area contributed by atoms with Crippen LogP contribution in [0.15, 0.2) is 85.1 Å². The number of fused-ring (bicyclic) bond motifs is 1. The van der Waals surface area contributed by atoms with Crippen LogP contribution in [0.25, 0.3) is 39.4 Å². The van der Waals surface area contributed by atoms with Gasteiger partial charge >= 0.3 is 5.82 Å². The molecule has 8 nitrogen and oxygen atoms in total. The molecular formula is C24H17N5O3. The highest BCUT2D eigenvalue weighted by atomic mass is 16.6. The van der Waals surface area contributed by atoms with Gasteiger partial charge in [-0.1, -0.05) is 54.6 Å².